The number of ether oxygens (including phenoxy) is 1. The standard InChI is InChI=1S/C11H22N2O4/c1-9(2)4-3-5-12-11(16)13-6-7-17-8-10(14)15/h9H,3-8H2,1-2H3,(H,14,15)(H2,12,13,16). The first-order valence-corrected chi connectivity index (χ1v) is 5.83. The number of rotatable bonds is 9. The molecule has 0 spiro atoms. The van der Waals surface area contributed by atoms with Crippen LogP contribution in [-0.2, 0) is 9.53 Å². The fraction of sp³-hybridized carbons (Fsp3) is 0.818. The summed E-state index contributed by atoms with van der Waals surface area (Å²) in [7, 11) is 0. The first-order valence-electron chi connectivity index (χ1n) is 5.83. The number of aliphatic carboxylic acids is 1. The van der Waals surface area contributed by atoms with Crippen molar-refractivity contribution in [1.82, 2.24) is 10.6 Å². The van der Waals surface area contributed by atoms with Crippen LogP contribution < -0.4 is 10.6 Å². The maximum Gasteiger partial charge on any atom is 0.329 e. The zero-order valence-electron chi connectivity index (χ0n) is 10.5. The van der Waals surface area contributed by atoms with Crippen molar-refractivity contribution in [3.63, 3.8) is 0 Å². The van der Waals surface area contributed by atoms with E-state index in [0.29, 0.717) is 19.0 Å². The fourth-order valence-electron chi connectivity index (χ4n) is 1.17. The first kappa shape index (κ1) is 15.7. The Kier molecular flexibility index (Phi) is 9.14. The Bertz CT molecular complexity index is 232. The van der Waals surface area contributed by atoms with Gasteiger partial charge in [0.15, 0.2) is 0 Å². The molecule has 0 aromatic heterocycles. The van der Waals surface area contributed by atoms with Gasteiger partial charge in [-0.05, 0) is 18.8 Å². The zero-order chi connectivity index (χ0) is 13.1. The van der Waals surface area contributed by atoms with E-state index >= 15 is 0 Å². The fourth-order valence-corrected chi connectivity index (χ4v) is 1.17. The second-order valence-electron chi connectivity index (χ2n) is 4.17. The number of carboxylic acids is 1. The molecule has 0 aliphatic heterocycles. The van der Waals surface area contributed by atoms with Crippen molar-refractivity contribution in [1.29, 1.82) is 0 Å². The second kappa shape index (κ2) is 9.89. The third-order valence-corrected chi connectivity index (χ3v) is 2.00. The number of carbonyl (C=O) groups is 2. The second-order valence-corrected chi connectivity index (χ2v) is 4.17. The molecular weight excluding hydrogens is 224 g/mol. The molecule has 0 saturated heterocycles. The van der Waals surface area contributed by atoms with Gasteiger partial charge in [0.25, 0.3) is 0 Å². The summed E-state index contributed by atoms with van der Waals surface area (Å²) >= 11 is 0. The van der Waals surface area contributed by atoms with Crippen LogP contribution in [0.2, 0.25) is 0 Å². The molecular formula is C11H22N2O4. The third-order valence-electron chi connectivity index (χ3n) is 2.00. The Balaban J connectivity index is 3.26. The van der Waals surface area contributed by atoms with Crippen molar-refractivity contribution >= 4 is 12.0 Å². The van der Waals surface area contributed by atoms with Crippen LogP contribution in [0, 0.1) is 5.92 Å². The summed E-state index contributed by atoms with van der Waals surface area (Å²) in [5.74, 6) is -0.368. The molecule has 0 aliphatic rings. The van der Waals surface area contributed by atoms with E-state index in [2.05, 4.69) is 24.5 Å². The molecule has 2 amide bonds. The Labute approximate surface area is 102 Å². The molecule has 0 radical (unpaired) electrons. The maximum atomic E-state index is 11.2. The average molecular weight is 246 g/mol. The van der Waals surface area contributed by atoms with Crippen molar-refractivity contribution < 1.29 is 19.4 Å². The number of carbonyl (C=O) groups excluding carboxylic acids is 1. The number of amides is 2. The normalized spacial score (nSPS) is 10.3. The topological polar surface area (TPSA) is 87.7 Å². The van der Waals surface area contributed by atoms with Crippen molar-refractivity contribution in [2.75, 3.05) is 26.3 Å². The predicted octanol–water partition coefficient (Wildman–Crippen LogP) is 0.823. The van der Waals surface area contributed by atoms with Crippen LogP contribution in [0.3, 0.4) is 0 Å². The molecule has 0 unspecified atom stereocenters. The highest BCUT2D eigenvalue weighted by Crippen LogP contribution is 2.01. The zero-order valence-corrected chi connectivity index (χ0v) is 10.5. The lowest BCUT2D eigenvalue weighted by atomic mass is 10.1. The van der Waals surface area contributed by atoms with Gasteiger partial charge in [-0.25, -0.2) is 9.59 Å². The van der Waals surface area contributed by atoms with Crippen LogP contribution in [-0.4, -0.2) is 43.4 Å². The molecule has 0 heterocycles. The van der Waals surface area contributed by atoms with Gasteiger partial charge in [-0.15, -0.1) is 0 Å². The Morgan fingerprint density at radius 1 is 1.24 bits per heavy atom. The summed E-state index contributed by atoms with van der Waals surface area (Å²) in [5, 5.41) is 13.6. The van der Waals surface area contributed by atoms with Crippen LogP contribution in [0.25, 0.3) is 0 Å². The molecule has 17 heavy (non-hydrogen) atoms. The van der Waals surface area contributed by atoms with Gasteiger partial charge in [0.1, 0.15) is 6.61 Å². The highest BCUT2D eigenvalue weighted by Gasteiger charge is 2.00. The number of carboxylic acid groups (broad SMARTS) is 1. The monoisotopic (exact) mass is 246 g/mol. The van der Waals surface area contributed by atoms with Crippen LogP contribution in [0.1, 0.15) is 26.7 Å². The summed E-state index contributed by atoms with van der Waals surface area (Å²) in [5.41, 5.74) is 0. The van der Waals surface area contributed by atoms with E-state index in [1.54, 1.807) is 0 Å². The van der Waals surface area contributed by atoms with E-state index in [1.165, 1.54) is 0 Å². The number of hydrogen-bond donors (Lipinski definition) is 3. The molecule has 0 rings (SSSR count). The van der Waals surface area contributed by atoms with Gasteiger partial charge in [-0.1, -0.05) is 13.8 Å². The largest absolute Gasteiger partial charge is 0.480 e. The molecule has 0 atom stereocenters. The number of nitrogens with one attached hydrogen (secondary N) is 2. The molecule has 0 aromatic rings. The van der Waals surface area contributed by atoms with Gasteiger partial charge in [0, 0.05) is 13.1 Å². The lowest BCUT2D eigenvalue weighted by molar-refractivity contribution is -0.142. The van der Waals surface area contributed by atoms with E-state index in [0.717, 1.165) is 12.8 Å². The molecule has 0 fully saturated rings. The minimum atomic E-state index is -1.01. The van der Waals surface area contributed by atoms with Crippen molar-refractivity contribution in [3.8, 4) is 0 Å². The lowest BCUT2D eigenvalue weighted by Crippen LogP contribution is -2.38. The molecule has 6 heteroatoms. The van der Waals surface area contributed by atoms with Gasteiger partial charge >= 0.3 is 12.0 Å². The minimum absolute atomic E-state index is 0.200. The summed E-state index contributed by atoms with van der Waals surface area (Å²) in [6.07, 6.45) is 2.04. The van der Waals surface area contributed by atoms with Crippen LogP contribution in [0.15, 0.2) is 0 Å². The summed E-state index contributed by atoms with van der Waals surface area (Å²) < 4.78 is 4.76. The van der Waals surface area contributed by atoms with Gasteiger partial charge in [0.2, 0.25) is 0 Å². The predicted molar refractivity (Wildman–Crippen MR) is 63.9 cm³/mol. The van der Waals surface area contributed by atoms with E-state index in [4.69, 9.17) is 9.84 Å². The quantitative estimate of drug-likeness (QED) is 0.526. The van der Waals surface area contributed by atoms with Gasteiger partial charge in [-0.3, -0.25) is 0 Å². The molecule has 0 aromatic carbocycles. The van der Waals surface area contributed by atoms with E-state index in [1.807, 2.05) is 0 Å². The highest BCUT2D eigenvalue weighted by molar-refractivity contribution is 5.73. The molecule has 6 nitrogen and oxygen atoms in total. The Morgan fingerprint density at radius 3 is 2.47 bits per heavy atom. The van der Waals surface area contributed by atoms with Crippen molar-refractivity contribution in [2.24, 2.45) is 5.92 Å². The summed E-state index contributed by atoms with van der Waals surface area (Å²) in [6, 6.07) is -0.243. The lowest BCUT2D eigenvalue weighted by Gasteiger charge is -2.08. The molecule has 3 N–H and O–H groups in total. The van der Waals surface area contributed by atoms with E-state index < -0.39 is 5.97 Å². The molecule has 0 aliphatic carbocycles. The smallest absolute Gasteiger partial charge is 0.329 e. The Morgan fingerprint density at radius 2 is 1.88 bits per heavy atom. The van der Waals surface area contributed by atoms with Crippen LogP contribution >= 0.6 is 0 Å². The molecule has 0 saturated carbocycles. The number of hydrogen-bond acceptors (Lipinski definition) is 3. The molecule has 100 valence electrons. The molecule has 0 bridgehead atoms. The van der Waals surface area contributed by atoms with Gasteiger partial charge in [-0.2, -0.15) is 0 Å². The van der Waals surface area contributed by atoms with Crippen molar-refractivity contribution in [2.45, 2.75) is 26.7 Å². The summed E-state index contributed by atoms with van der Waals surface area (Å²) in [6.45, 7) is 5.10. The first-order chi connectivity index (χ1) is 8.02. The van der Waals surface area contributed by atoms with E-state index in [9.17, 15) is 9.59 Å². The van der Waals surface area contributed by atoms with Crippen molar-refractivity contribution in [3.05, 3.63) is 0 Å². The Hall–Kier alpha value is -1.30. The van der Waals surface area contributed by atoms with Crippen LogP contribution in [0.5, 0.6) is 0 Å². The minimum Gasteiger partial charge on any atom is -0.480 e. The SMILES string of the molecule is CC(C)CCCNC(=O)NCCOCC(=O)O. The van der Waals surface area contributed by atoms with Crippen LogP contribution in [0.4, 0.5) is 4.79 Å². The maximum absolute atomic E-state index is 11.2. The number of urea groups is 1. The summed E-state index contributed by atoms with van der Waals surface area (Å²) in [4.78, 5) is 21.3. The highest BCUT2D eigenvalue weighted by atomic mass is 16.5. The third kappa shape index (κ3) is 12.6. The average Bonchev–Trinajstić information content (AvgIpc) is 2.23. The van der Waals surface area contributed by atoms with Gasteiger partial charge < -0.3 is 20.5 Å². The van der Waals surface area contributed by atoms with Gasteiger partial charge in [0.05, 0.1) is 6.61 Å². The van der Waals surface area contributed by atoms with E-state index in [-0.39, 0.29) is 19.2 Å².